The number of rotatable bonds is 4. The van der Waals surface area contributed by atoms with E-state index in [0.29, 0.717) is 0 Å². The molecule has 0 radical (unpaired) electrons. The van der Waals surface area contributed by atoms with Gasteiger partial charge in [0.2, 0.25) is 0 Å². The van der Waals surface area contributed by atoms with Crippen molar-refractivity contribution in [1.82, 2.24) is 0 Å². The van der Waals surface area contributed by atoms with Gasteiger partial charge in [0.05, 0.1) is 0 Å². The van der Waals surface area contributed by atoms with E-state index in [-0.39, 0.29) is 28.1 Å². The summed E-state index contributed by atoms with van der Waals surface area (Å²) >= 11 is -0.826. The van der Waals surface area contributed by atoms with Gasteiger partial charge in [0.15, 0.2) is 0 Å². The molecule has 0 nitrogen and oxygen atoms in total. The van der Waals surface area contributed by atoms with Gasteiger partial charge < -0.3 is 14.9 Å². The number of hydrogen-bond acceptors (Lipinski definition) is 0. The Hall–Kier alpha value is -0.167. The van der Waals surface area contributed by atoms with Crippen molar-refractivity contribution in [3.8, 4) is 0 Å². The number of hydrogen-bond donors (Lipinski definition) is 0. The first-order chi connectivity index (χ1) is 14.1. The van der Waals surface area contributed by atoms with E-state index in [9.17, 15) is 4.39 Å². The fraction of sp³-hybridized carbons (Fsp3) is 0.500. The van der Waals surface area contributed by atoms with Crippen LogP contribution in [0.15, 0.2) is 48.5 Å². The van der Waals surface area contributed by atoms with Crippen molar-refractivity contribution < 1.29 is 25.2 Å². The number of aryl methyl sites for hydroxylation is 1. The van der Waals surface area contributed by atoms with Crippen molar-refractivity contribution in [2.75, 3.05) is 0 Å². The first kappa shape index (κ1) is 34.0. The number of halogens is 3. The zero-order valence-corrected chi connectivity index (χ0v) is 23.4. The van der Waals surface area contributed by atoms with E-state index in [1.54, 1.807) is 17.7 Å². The van der Waals surface area contributed by atoms with Gasteiger partial charge in [0.25, 0.3) is 0 Å². The first-order valence-electron chi connectivity index (χ1n) is 10.9. The van der Waals surface area contributed by atoms with Crippen LogP contribution in [-0.2, 0) is 33.7 Å². The van der Waals surface area contributed by atoms with Gasteiger partial charge in [0.1, 0.15) is 5.82 Å². The second-order valence-electron chi connectivity index (χ2n) is 8.30. The van der Waals surface area contributed by atoms with Crippen LogP contribution in [0.5, 0.6) is 0 Å². The third-order valence-electron chi connectivity index (χ3n) is 6.19. The van der Waals surface area contributed by atoms with Crippen molar-refractivity contribution in [2.45, 2.75) is 78.6 Å². The maximum atomic E-state index is 13.2. The molecule has 2 aromatic rings. The minimum atomic E-state index is -0.826. The predicted octanol–water partition coefficient (Wildman–Crippen LogP) is 10.2. The molecule has 32 heavy (non-hydrogen) atoms. The molecule has 2 aliphatic carbocycles. The van der Waals surface area contributed by atoms with Gasteiger partial charge in [-0.1, -0.05) is 101 Å². The Morgan fingerprint density at radius 2 is 1.12 bits per heavy atom. The van der Waals surface area contributed by atoms with Crippen LogP contribution in [0.25, 0.3) is 0 Å². The summed E-state index contributed by atoms with van der Waals surface area (Å²) in [5.41, 5.74) is 3.93. The topological polar surface area (TPSA) is 0 Å². The Kier molecular flexibility index (Phi) is 21.5. The second-order valence-corrected chi connectivity index (χ2v) is 12.0. The summed E-state index contributed by atoms with van der Waals surface area (Å²) in [7, 11) is 9.87. The summed E-state index contributed by atoms with van der Waals surface area (Å²) in [6.45, 7) is 2.23. The molecule has 0 amide bonds. The van der Waals surface area contributed by atoms with Gasteiger partial charge in [-0.2, -0.15) is 0 Å². The van der Waals surface area contributed by atoms with E-state index in [1.165, 1.54) is 63.4 Å². The van der Waals surface area contributed by atoms with Crippen molar-refractivity contribution in [1.29, 1.82) is 0 Å². The molecule has 2 saturated carbocycles. The standard InChI is InChI=1S/C13H18.C12H15F.CH4.2CH3.2ClH.Zr/c1-11-6-2-5-9-13(11)10-12-7-3-4-8-12;13-12-8-4-3-7-11(12)9-10-5-1-2-6-10;;;;;;/h2,5-6,9,12H,3-4,7-8,10H2,1H3;3-4,7-8,10H,1-2,5-6,9H2;1H4;2*1H3;2*1H;/q;;;2*-1;;;+4/p-2. The maximum absolute atomic E-state index is 13.2. The Labute approximate surface area is 217 Å². The van der Waals surface area contributed by atoms with Gasteiger partial charge in [0, 0.05) is 0 Å². The molecule has 0 spiro atoms. The monoisotopic (exact) mass is 558 g/mol. The molecular weight excluding hydrogens is 517 g/mol. The predicted molar refractivity (Wildman–Crippen MR) is 140 cm³/mol. The summed E-state index contributed by atoms with van der Waals surface area (Å²) in [4.78, 5) is 0. The molecule has 0 N–H and O–H groups in total. The Bertz CT molecular complexity index is 636. The molecule has 2 fully saturated rings. The normalized spacial score (nSPS) is 14.9. The molecule has 0 saturated heterocycles. The Morgan fingerprint density at radius 3 is 1.56 bits per heavy atom. The average molecular weight is 561 g/mol. The summed E-state index contributed by atoms with van der Waals surface area (Å²) < 4.78 is 13.2. The molecule has 4 heteroatoms. The molecule has 2 aliphatic rings. The molecule has 2 aromatic carbocycles. The van der Waals surface area contributed by atoms with E-state index < -0.39 is 20.8 Å². The summed E-state index contributed by atoms with van der Waals surface area (Å²) in [5.74, 6) is 1.67. The van der Waals surface area contributed by atoms with Crippen LogP contribution in [-0.4, -0.2) is 0 Å². The van der Waals surface area contributed by atoms with Crippen LogP contribution < -0.4 is 0 Å². The van der Waals surface area contributed by atoms with Crippen LogP contribution in [0, 0.1) is 39.4 Å². The van der Waals surface area contributed by atoms with Crippen LogP contribution in [0.4, 0.5) is 4.39 Å². The Morgan fingerprint density at radius 1 is 0.750 bits per heavy atom. The van der Waals surface area contributed by atoms with Crippen molar-refractivity contribution >= 4 is 17.0 Å². The van der Waals surface area contributed by atoms with Crippen molar-refractivity contribution in [3.63, 3.8) is 0 Å². The van der Waals surface area contributed by atoms with Crippen LogP contribution in [0.1, 0.15) is 75.5 Å². The summed E-state index contributed by atoms with van der Waals surface area (Å²) in [6, 6.07) is 16.0. The molecule has 0 aliphatic heterocycles. The SMILES string of the molecule is C.Cc1ccccc1CC1CCCC1.Fc1ccccc1CC1CCCC1.[CH3-].[CH3-].[Cl][Zr+2][Cl]. The fourth-order valence-corrected chi connectivity index (χ4v) is 4.55. The average Bonchev–Trinajstić information content (AvgIpc) is 3.41. The molecule has 4 rings (SSSR count). The van der Waals surface area contributed by atoms with Crippen LogP contribution >= 0.6 is 17.0 Å². The molecular formula is C28H43Cl2FZr. The zero-order chi connectivity index (χ0) is 20.9. The third-order valence-corrected chi connectivity index (χ3v) is 6.19. The van der Waals surface area contributed by atoms with Gasteiger partial charge in [-0.3, -0.25) is 0 Å². The van der Waals surface area contributed by atoms with Gasteiger partial charge in [-0.05, 0) is 54.4 Å². The molecule has 0 heterocycles. The first-order valence-corrected chi connectivity index (χ1v) is 17.2. The minimum absolute atomic E-state index is 0. The summed E-state index contributed by atoms with van der Waals surface area (Å²) in [5, 5.41) is 0. The second kappa shape index (κ2) is 20.2. The quantitative estimate of drug-likeness (QED) is 0.326. The zero-order valence-electron chi connectivity index (χ0n) is 19.5. The van der Waals surface area contributed by atoms with Gasteiger partial charge in [-0.15, -0.1) is 0 Å². The molecule has 0 unspecified atom stereocenters. The van der Waals surface area contributed by atoms with Gasteiger partial charge in [-0.25, -0.2) is 4.39 Å². The third kappa shape index (κ3) is 12.9. The van der Waals surface area contributed by atoms with E-state index in [4.69, 9.17) is 17.0 Å². The van der Waals surface area contributed by atoms with Crippen LogP contribution in [0.2, 0.25) is 0 Å². The van der Waals surface area contributed by atoms with Crippen molar-refractivity contribution in [3.05, 3.63) is 85.9 Å². The molecule has 0 aromatic heterocycles. The van der Waals surface area contributed by atoms with E-state index in [0.717, 1.165) is 23.8 Å². The van der Waals surface area contributed by atoms with E-state index in [1.807, 2.05) is 12.1 Å². The molecule has 0 bridgehead atoms. The van der Waals surface area contributed by atoms with Gasteiger partial charge >= 0.3 is 37.9 Å². The fourth-order valence-electron chi connectivity index (χ4n) is 4.55. The Balaban J connectivity index is 0. The van der Waals surface area contributed by atoms with Crippen LogP contribution in [0.3, 0.4) is 0 Å². The summed E-state index contributed by atoms with van der Waals surface area (Å²) in [6.07, 6.45) is 13.3. The van der Waals surface area contributed by atoms with Crippen molar-refractivity contribution in [2.24, 2.45) is 11.8 Å². The molecule has 0 atom stereocenters. The number of benzene rings is 2. The van der Waals surface area contributed by atoms with E-state index >= 15 is 0 Å². The molecule has 180 valence electrons. The van der Waals surface area contributed by atoms with E-state index in [2.05, 4.69) is 31.2 Å².